The third kappa shape index (κ3) is 6.76. The van der Waals surface area contributed by atoms with Crippen LogP contribution in [0.15, 0.2) is 59.7 Å². The molecule has 2 aromatic carbocycles. The van der Waals surface area contributed by atoms with Crippen molar-refractivity contribution in [3.05, 3.63) is 65.7 Å². The first-order valence-electron chi connectivity index (χ1n) is 8.26. The molecule has 0 radical (unpaired) electrons. The van der Waals surface area contributed by atoms with E-state index in [-0.39, 0.29) is 0 Å². The summed E-state index contributed by atoms with van der Waals surface area (Å²) in [6.45, 7) is 5.85. The van der Waals surface area contributed by atoms with E-state index in [0.717, 1.165) is 11.1 Å². The smallest absolute Gasteiger partial charge is 0.329 e. The number of rotatable bonds is 5. The molecule has 0 saturated heterocycles. The van der Waals surface area contributed by atoms with E-state index in [9.17, 15) is 9.59 Å². The number of hydrogen-bond donors (Lipinski definition) is 2. The maximum absolute atomic E-state index is 11.7. The number of carbonyl (C=O) groups is 2. The average Bonchev–Trinajstić information content (AvgIpc) is 2.60. The highest BCUT2D eigenvalue weighted by atomic mass is 16.5. The molecule has 0 aliphatic carbocycles. The van der Waals surface area contributed by atoms with Gasteiger partial charge in [0.2, 0.25) is 0 Å². The summed E-state index contributed by atoms with van der Waals surface area (Å²) in [6.07, 6.45) is 1.46. The van der Waals surface area contributed by atoms with Crippen LogP contribution in [-0.2, 0) is 16.2 Å². The van der Waals surface area contributed by atoms with Crippen LogP contribution in [0.3, 0.4) is 0 Å². The van der Waals surface area contributed by atoms with E-state index in [4.69, 9.17) is 4.74 Å². The number of nitrogens with one attached hydrogen (secondary N) is 2. The highest BCUT2D eigenvalue weighted by molar-refractivity contribution is 6.35. The van der Waals surface area contributed by atoms with Crippen molar-refractivity contribution in [2.75, 3.05) is 0 Å². The number of hydrogen-bond acceptors (Lipinski definition) is 4. The lowest BCUT2D eigenvalue weighted by Gasteiger charge is -2.19. The molecule has 0 fully saturated rings. The van der Waals surface area contributed by atoms with Crippen molar-refractivity contribution < 1.29 is 14.3 Å². The minimum absolute atomic E-state index is 0.463. The van der Waals surface area contributed by atoms with E-state index in [1.54, 1.807) is 26.8 Å². The van der Waals surface area contributed by atoms with Crippen molar-refractivity contribution in [3.8, 4) is 5.75 Å². The quantitative estimate of drug-likeness (QED) is 0.493. The first-order chi connectivity index (χ1) is 12.3. The van der Waals surface area contributed by atoms with Gasteiger partial charge in [0.1, 0.15) is 12.4 Å². The molecule has 2 amide bonds. The molecule has 0 heterocycles. The van der Waals surface area contributed by atoms with Gasteiger partial charge in [-0.1, -0.05) is 42.5 Å². The van der Waals surface area contributed by atoms with Crippen LogP contribution >= 0.6 is 0 Å². The SMILES string of the molecule is CC(C)(C)NC(=O)C(=O)N/N=C\c1cccc(OCc2ccccc2)c1. The summed E-state index contributed by atoms with van der Waals surface area (Å²) in [5, 5.41) is 6.38. The first-order valence-corrected chi connectivity index (χ1v) is 8.26. The van der Waals surface area contributed by atoms with Crippen LogP contribution in [0.2, 0.25) is 0 Å². The predicted octanol–water partition coefficient (Wildman–Crippen LogP) is 2.63. The van der Waals surface area contributed by atoms with Crippen molar-refractivity contribution in [1.82, 2.24) is 10.7 Å². The molecular formula is C20H23N3O3. The molecule has 0 spiro atoms. The number of ether oxygens (including phenoxy) is 1. The molecular weight excluding hydrogens is 330 g/mol. The van der Waals surface area contributed by atoms with Crippen molar-refractivity contribution in [1.29, 1.82) is 0 Å². The number of amides is 2. The van der Waals surface area contributed by atoms with Crippen LogP contribution in [0.25, 0.3) is 0 Å². The zero-order valence-electron chi connectivity index (χ0n) is 15.2. The molecule has 2 aromatic rings. The molecule has 0 aromatic heterocycles. The van der Waals surface area contributed by atoms with Crippen LogP contribution in [0.5, 0.6) is 5.75 Å². The van der Waals surface area contributed by atoms with E-state index in [2.05, 4.69) is 15.8 Å². The monoisotopic (exact) mass is 353 g/mol. The van der Waals surface area contributed by atoms with E-state index >= 15 is 0 Å². The van der Waals surface area contributed by atoms with Crippen LogP contribution in [-0.4, -0.2) is 23.6 Å². The first kappa shape index (κ1) is 19.2. The van der Waals surface area contributed by atoms with Gasteiger partial charge < -0.3 is 10.1 Å². The van der Waals surface area contributed by atoms with Gasteiger partial charge in [-0.3, -0.25) is 9.59 Å². The lowest BCUT2D eigenvalue weighted by Crippen LogP contribution is -2.47. The molecule has 2 rings (SSSR count). The number of hydrazone groups is 1. The Kier molecular flexibility index (Phi) is 6.49. The molecule has 6 nitrogen and oxygen atoms in total. The molecule has 0 bridgehead atoms. The lowest BCUT2D eigenvalue weighted by atomic mass is 10.1. The molecule has 26 heavy (non-hydrogen) atoms. The second-order valence-corrected chi connectivity index (χ2v) is 6.75. The van der Waals surface area contributed by atoms with Gasteiger partial charge in [0.15, 0.2) is 0 Å². The van der Waals surface area contributed by atoms with E-state index in [1.165, 1.54) is 6.21 Å². The normalized spacial score (nSPS) is 11.2. The van der Waals surface area contributed by atoms with Gasteiger partial charge in [-0.25, -0.2) is 5.43 Å². The maximum Gasteiger partial charge on any atom is 0.329 e. The zero-order valence-corrected chi connectivity index (χ0v) is 15.2. The molecule has 0 aliphatic rings. The highest BCUT2D eigenvalue weighted by Crippen LogP contribution is 2.14. The van der Waals surface area contributed by atoms with Crippen LogP contribution < -0.4 is 15.5 Å². The fourth-order valence-electron chi connectivity index (χ4n) is 2.04. The minimum Gasteiger partial charge on any atom is -0.489 e. The molecule has 2 N–H and O–H groups in total. The Morgan fingerprint density at radius 1 is 1.04 bits per heavy atom. The van der Waals surface area contributed by atoms with Gasteiger partial charge in [-0.15, -0.1) is 0 Å². The summed E-state index contributed by atoms with van der Waals surface area (Å²) < 4.78 is 5.74. The second kappa shape index (κ2) is 8.80. The summed E-state index contributed by atoms with van der Waals surface area (Å²) in [4.78, 5) is 23.3. The number of carbonyl (C=O) groups excluding carboxylic acids is 2. The Morgan fingerprint density at radius 2 is 1.77 bits per heavy atom. The number of nitrogens with zero attached hydrogens (tertiary/aromatic N) is 1. The van der Waals surface area contributed by atoms with Crippen molar-refractivity contribution >= 4 is 18.0 Å². The Bertz CT molecular complexity index is 780. The van der Waals surface area contributed by atoms with Crippen molar-refractivity contribution in [2.24, 2.45) is 5.10 Å². The second-order valence-electron chi connectivity index (χ2n) is 6.75. The third-order valence-corrected chi connectivity index (χ3v) is 3.18. The highest BCUT2D eigenvalue weighted by Gasteiger charge is 2.19. The van der Waals surface area contributed by atoms with Crippen LogP contribution in [0, 0.1) is 0 Å². The molecule has 0 saturated carbocycles. The van der Waals surface area contributed by atoms with Crippen LogP contribution in [0.4, 0.5) is 0 Å². The van der Waals surface area contributed by atoms with E-state index in [1.807, 2.05) is 48.5 Å². The summed E-state index contributed by atoms with van der Waals surface area (Å²) in [6, 6.07) is 17.1. The maximum atomic E-state index is 11.7. The predicted molar refractivity (Wildman–Crippen MR) is 101 cm³/mol. The molecule has 6 heteroatoms. The average molecular weight is 353 g/mol. The van der Waals surface area contributed by atoms with Gasteiger partial charge in [-0.2, -0.15) is 5.10 Å². The van der Waals surface area contributed by atoms with Gasteiger partial charge in [0.05, 0.1) is 6.21 Å². The molecule has 0 unspecified atom stereocenters. The van der Waals surface area contributed by atoms with E-state index in [0.29, 0.717) is 12.4 Å². The van der Waals surface area contributed by atoms with E-state index < -0.39 is 17.4 Å². The van der Waals surface area contributed by atoms with Gasteiger partial charge in [-0.05, 0) is 44.0 Å². The minimum atomic E-state index is -0.812. The molecule has 136 valence electrons. The standard InChI is InChI=1S/C20H23N3O3/c1-20(2,3)22-18(24)19(25)23-21-13-16-10-7-11-17(12-16)26-14-15-8-5-4-6-9-15/h4-13H,14H2,1-3H3,(H,22,24)(H,23,25)/b21-13-. The Labute approximate surface area is 153 Å². The summed E-state index contributed by atoms with van der Waals surface area (Å²) in [7, 11) is 0. The summed E-state index contributed by atoms with van der Waals surface area (Å²) in [5.74, 6) is -0.850. The summed E-state index contributed by atoms with van der Waals surface area (Å²) in [5.41, 5.74) is 3.54. The zero-order chi connectivity index (χ0) is 19.0. The van der Waals surface area contributed by atoms with Gasteiger partial charge in [0.25, 0.3) is 0 Å². The van der Waals surface area contributed by atoms with Gasteiger partial charge >= 0.3 is 11.8 Å². The van der Waals surface area contributed by atoms with Gasteiger partial charge in [0, 0.05) is 5.54 Å². The Morgan fingerprint density at radius 3 is 2.46 bits per heavy atom. The fraction of sp³-hybridized carbons (Fsp3) is 0.250. The largest absolute Gasteiger partial charge is 0.489 e. The van der Waals surface area contributed by atoms with Crippen molar-refractivity contribution in [3.63, 3.8) is 0 Å². The van der Waals surface area contributed by atoms with Crippen LogP contribution in [0.1, 0.15) is 31.9 Å². The Hall–Kier alpha value is -3.15. The molecule has 0 aliphatic heterocycles. The Balaban J connectivity index is 1.88. The number of benzene rings is 2. The molecule has 0 atom stereocenters. The third-order valence-electron chi connectivity index (χ3n) is 3.18. The van der Waals surface area contributed by atoms with Crippen molar-refractivity contribution in [2.45, 2.75) is 32.9 Å². The lowest BCUT2D eigenvalue weighted by molar-refractivity contribution is -0.140. The summed E-state index contributed by atoms with van der Waals surface area (Å²) >= 11 is 0. The topological polar surface area (TPSA) is 79.8 Å². The fourth-order valence-corrected chi connectivity index (χ4v) is 2.04.